The van der Waals surface area contributed by atoms with Gasteiger partial charge in [-0.1, -0.05) is 24.3 Å². The fraction of sp³-hybridized carbons (Fsp3) is 0.400. The SMILES string of the molecule is CC(C)(C)OC(=O)N1CCC(c2cccc(N3Cc4cccc(C#N)c4C3=O)c2)CC1. The molecule has 0 N–H and O–H groups in total. The highest BCUT2D eigenvalue weighted by molar-refractivity contribution is 6.11. The van der Waals surface area contributed by atoms with E-state index in [-0.39, 0.29) is 12.0 Å². The predicted molar refractivity (Wildman–Crippen MR) is 118 cm³/mol. The summed E-state index contributed by atoms with van der Waals surface area (Å²) in [6, 6.07) is 15.6. The molecule has 0 atom stereocenters. The smallest absolute Gasteiger partial charge is 0.410 e. The Bertz CT molecular complexity index is 1060. The average molecular weight is 418 g/mol. The molecule has 2 heterocycles. The lowest BCUT2D eigenvalue weighted by molar-refractivity contribution is 0.0204. The normalized spacial score (nSPS) is 16.8. The number of carbonyl (C=O) groups is 2. The van der Waals surface area contributed by atoms with Crippen LogP contribution < -0.4 is 4.90 Å². The van der Waals surface area contributed by atoms with Crippen LogP contribution in [0, 0.1) is 11.3 Å². The highest BCUT2D eigenvalue weighted by Crippen LogP contribution is 2.34. The Balaban J connectivity index is 1.46. The van der Waals surface area contributed by atoms with E-state index >= 15 is 0 Å². The number of piperidine rings is 1. The first-order chi connectivity index (χ1) is 14.8. The highest BCUT2D eigenvalue weighted by Gasteiger charge is 2.32. The lowest BCUT2D eigenvalue weighted by Crippen LogP contribution is -2.41. The van der Waals surface area contributed by atoms with Crippen LogP contribution in [0.15, 0.2) is 42.5 Å². The second-order valence-corrected chi connectivity index (χ2v) is 9.18. The van der Waals surface area contributed by atoms with Crippen LogP contribution >= 0.6 is 0 Å². The van der Waals surface area contributed by atoms with Crippen molar-refractivity contribution >= 4 is 17.7 Å². The topological polar surface area (TPSA) is 73.6 Å². The Kier molecular flexibility index (Phi) is 5.45. The zero-order valence-electron chi connectivity index (χ0n) is 18.2. The summed E-state index contributed by atoms with van der Waals surface area (Å²) in [5.74, 6) is 0.206. The standard InChI is InChI=1S/C25H27N3O3/c1-25(2,3)31-24(30)27-12-10-17(11-13-27)18-6-5-9-21(14-18)28-16-20-8-4-7-19(15-26)22(20)23(28)29/h4-9,14,17H,10-13,16H2,1-3H3. The van der Waals surface area contributed by atoms with E-state index in [1.54, 1.807) is 15.9 Å². The van der Waals surface area contributed by atoms with Crippen LogP contribution in [0.5, 0.6) is 0 Å². The second-order valence-electron chi connectivity index (χ2n) is 9.18. The number of amides is 2. The molecule has 0 bridgehead atoms. The van der Waals surface area contributed by atoms with Crippen molar-refractivity contribution < 1.29 is 14.3 Å². The molecule has 2 amide bonds. The zero-order chi connectivity index (χ0) is 22.2. The average Bonchev–Trinajstić information content (AvgIpc) is 3.09. The maximum Gasteiger partial charge on any atom is 0.410 e. The quantitative estimate of drug-likeness (QED) is 0.701. The number of ether oxygens (including phenoxy) is 1. The minimum atomic E-state index is -0.493. The molecule has 0 radical (unpaired) electrons. The Labute approximate surface area is 183 Å². The minimum absolute atomic E-state index is 0.121. The van der Waals surface area contributed by atoms with E-state index in [2.05, 4.69) is 18.2 Å². The van der Waals surface area contributed by atoms with Crippen LogP contribution in [0.2, 0.25) is 0 Å². The van der Waals surface area contributed by atoms with Crippen molar-refractivity contribution in [2.24, 2.45) is 0 Å². The number of nitrogens with zero attached hydrogens (tertiary/aromatic N) is 3. The number of benzene rings is 2. The van der Waals surface area contributed by atoms with E-state index in [1.165, 1.54) is 5.56 Å². The molecule has 2 aromatic carbocycles. The third-order valence-corrected chi connectivity index (χ3v) is 5.86. The van der Waals surface area contributed by atoms with Gasteiger partial charge < -0.3 is 14.5 Å². The van der Waals surface area contributed by atoms with Crippen LogP contribution in [-0.4, -0.2) is 35.6 Å². The molecule has 31 heavy (non-hydrogen) atoms. The maximum absolute atomic E-state index is 13.0. The van der Waals surface area contributed by atoms with Crippen LogP contribution in [-0.2, 0) is 11.3 Å². The molecule has 160 valence electrons. The van der Waals surface area contributed by atoms with Crippen molar-refractivity contribution in [3.63, 3.8) is 0 Å². The van der Waals surface area contributed by atoms with E-state index in [1.807, 2.05) is 45.0 Å². The number of hydrogen-bond donors (Lipinski definition) is 0. The summed E-state index contributed by atoms with van der Waals surface area (Å²) in [6.45, 7) is 7.42. The molecule has 0 aliphatic carbocycles. The van der Waals surface area contributed by atoms with Crippen molar-refractivity contribution in [2.75, 3.05) is 18.0 Å². The summed E-state index contributed by atoms with van der Waals surface area (Å²) < 4.78 is 5.49. The number of rotatable bonds is 2. The fourth-order valence-electron chi connectivity index (χ4n) is 4.33. The van der Waals surface area contributed by atoms with Crippen molar-refractivity contribution in [3.05, 3.63) is 64.7 Å². The lowest BCUT2D eigenvalue weighted by Gasteiger charge is -2.33. The van der Waals surface area contributed by atoms with Crippen molar-refractivity contribution in [1.29, 1.82) is 5.26 Å². The molecule has 2 aliphatic heterocycles. The van der Waals surface area contributed by atoms with E-state index in [9.17, 15) is 14.9 Å². The largest absolute Gasteiger partial charge is 0.444 e. The van der Waals surface area contributed by atoms with Gasteiger partial charge in [0.2, 0.25) is 0 Å². The van der Waals surface area contributed by atoms with Gasteiger partial charge in [0.15, 0.2) is 0 Å². The lowest BCUT2D eigenvalue weighted by atomic mass is 9.89. The Morgan fingerprint density at radius 3 is 2.52 bits per heavy atom. The molecule has 6 heteroatoms. The molecule has 0 unspecified atom stereocenters. The van der Waals surface area contributed by atoms with Gasteiger partial charge in [-0.2, -0.15) is 5.26 Å². The van der Waals surface area contributed by atoms with Crippen LogP contribution in [0.3, 0.4) is 0 Å². The number of likely N-dealkylation sites (tertiary alicyclic amines) is 1. The predicted octanol–water partition coefficient (Wildman–Crippen LogP) is 4.83. The Morgan fingerprint density at radius 1 is 1.13 bits per heavy atom. The van der Waals surface area contributed by atoms with E-state index < -0.39 is 5.60 Å². The molecule has 0 aromatic heterocycles. The fourth-order valence-corrected chi connectivity index (χ4v) is 4.33. The maximum atomic E-state index is 13.0. The molecule has 2 aromatic rings. The van der Waals surface area contributed by atoms with Gasteiger partial charge in [-0.25, -0.2) is 4.79 Å². The van der Waals surface area contributed by atoms with Gasteiger partial charge in [-0.15, -0.1) is 0 Å². The van der Waals surface area contributed by atoms with E-state index in [0.717, 1.165) is 24.1 Å². The van der Waals surface area contributed by atoms with Crippen LogP contribution in [0.4, 0.5) is 10.5 Å². The van der Waals surface area contributed by atoms with Gasteiger partial charge in [0.1, 0.15) is 5.60 Å². The van der Waals surface area contributed by atoms with Crippen molar-refractivity contribution in [2.45, 2.75) is 51.7 Å². The minimum Gasteiger partial charge on any atom is -0.444 e. The number of anilines is 1. The van der Waals surface area contributed by atoms with Gasteiger partial charge >= 0.3 is 6.09 Å². The number of hydrogen-bond acceptors (Lipinski definition) is 4. The van der Waals surface area contributed by atoms with E-state index in [0.29, 0.717) is 36.7 Å². The molecular formula is C25H27N3O3. The third kappa shape index (κ3) is 4.27. The molecular weight excluding hydrogens is 390 g/mol. The summed E-state index contributed by atoms with van der Waals surface area (Å²) in [5.41, 5.74) is 3.35. The molecule has 4 rings (SSSR count). The summed E-state index contributed by atoms with van der Waals surface area (Å²) in [6.07, 6.45) is 1.46. The Hall–Kier alpha value is -3.33. The first-order valence-electron chi connectivity index (χ1n) is 10.7. The monoisotopic (exact) mass is 417 g/mol. The first kappa shape index (κ1) is 20.9. The molecule has 0 saturated carbocycles. The Morgan fingerprint density at radius 2 is 1.84 bits per heavy atom. The number of carbonyl (C=O) groups excluding carboxylic acids is 2. The van der Waals surface area contributed by atoms with Gasteiger partial charge in [-0.05, 0) is 68.9 Å². The van der Waals surface area contributed by atoms with Gasteiger partial charge in [-0.3, -0.25) is 4.79 Å². The molecule has 0 spiro atoms. The molecule has 2 aliphatic rings. The van der Waals surface area contributed by atoms with Crippen molar-refractivity contribution in [1.82, 2.24) is 4.90 Å². The van der Waals surface area contributed by atoms with Crippen LogP contribution in [0.1, 0.15) is 66.6 Å². The van der Waals surface area contributed by atoms with Gasteiger partial charge in [0, 0.05) is 18.8 Å². The number of fused-ring (bicyclic) bond motifs is 1. The molecule has 6 nitrogen and oxygen atoms in total. The molecule has 1 fully saturated rings. The van der Waals surface area contributed by atoms with Gasteiger partial charge in [0.25, 0.3) is 5.91 Å². The second kappa shape index (κ2) is 8.07. The highest BCUT2D eigenvalue weighted by atomic mass is 16.6. The van der Waals surface area contributed by atoms with Crippen molar-refractivity contribution in [3.8, 4) is 6.07 Å². The van der Waals surface area contributed by atoms with Crippen LogP contribution in [0.25, 0.3) is 0 Å². The summed E-state index contributed by atoms with van der Waals surface area (Å²) in [5, 5.41) is 9.36. The first-order valence-corrected chi connectivity index (χ1v) is 10.7. The summed E-state index contributed by atoms with van der Waals surface area (Å²) in [7, 11) is 0. The molecule has 1 saturated heterocycles. The van der Waals surface area contributed by atoms with Gasteiger partial charge in [0.05, 0.1) is 23.7 Å². The number of nitriles is 1. The summed E-state index contributed by atoms with van der Waals surface area (Å²) >= 11 is 0. The third-order valence-electron chi connectivity index (χ3n) is 5.86. The van der Waals surface area contributed by atoms with E-state index in [4.69, 9.17) is 4.74 Å². The zero-order valence-corrected chi connectivity index (χ0v) is 18.2. The summed E-state index contributed by atoms with van der Waals surface area (Å²) in [4.78, 5) is 28.8.